The summed E-state index contributed by atoms with van der Waals surface area (Å²) in [6, 6.07) is 0. The maximum absolute atomic E-state index is 2.40. The zero-order valence-electron chi connectivity index (χ0n) is 22.1. The van der Waals surface area contributed by atoms with E-state index in [1.165, 1.54) is 135 Å². The summed E-state index contributed by atoms with van der Waals surface area (Å²) in [5.41, 5.74) is 3.71. The van der Waals surface area contributed by atoms with Crippen molar-refractivity contribution in [3.8, 4) is 0 Å². The zero-order valence-corrected chi connectivity index (χ0v) is 22.1. The summed E-state index contributed by atoms with van der Waals surface area (Å²) >= 11 is 0. The smallest absolute Gasteiger partial charge is 0.0318 e. The second kappa shape index (κ2) is 14.8. The van der Waals surface area contributed by atoms with E-state index in [1.54, 1.807) is 25.7 Å². The first-order chi connectivity index (χ1) is 16.4. The van der Waals surface area contributed by atoms with Crippen LogP contribution in [-0.4, -0.2) is 0 Å². The summed E-state index contributed by atoms with van der Waals surface area (Å²) < 4.78 is 0. The summed E-state index contributed by atoms with van der Waals surface area (Å²) in [5, 5.41) is 0. The molecule has 0 aromatic rings. The first-order valence-corrected chi connectivity index (χ1v) is 15.7. The minimum atomic E-state index is 1.06. The lowest BCUT2D eigenvalue weighted by Gasteiger charge is -2.29. The highest BCUT2D eigenvalue weighted by Gasteiger charge is 2.26. The molecule has 0 amide bonds. The Bertz CT molecular complexity index is 547. The molecule has 0 aliphatic heterocycles. The van der Waals surface area contributed by atoms with Gasteiger partial charge < -0.3 is 0 Å². The van der Waals surface area contributed by atoms with E-state index in [0.717, 1.165) is 23.7 Å². The Hall–Kier alpha value is -0.520. The largest absolute Gasteiger partial charge is 0.0882 e. The third-order valence-corrected chi connectivity index (χ3v) is 10.2. The van der Waals surface area contributed by atoms with Crippen molar-refractivity contribution in [3.63, 3.8) is 0 Å². The van der Waals surface area contributed by atoms with E-state index in [-0.39, 0.29) is 0 Å². The molecule has 0 aromatic carbocycles. The van der Waals surface area contributed by atoms with Gasteiger partial charge in [-0.05, 0) is 101 Å². The summed E-state index contributed by atoms with van der Waals surface area (Å²) in [6.45, 7) is 0. The standard InChI is InChI=1S/C11H20.2C11H18/c3*1-2-6-10-8-4-5-9-11(10)7-3-1/h10-11H,1-9H2;1-9H2;4-5,10-11H,1-3,6-9H2. The van der Waals surface area contributed by atoms with Gasteiger partial charge in [0.15, 0.2) is 0 Å². The van der Waals surface area contributed by atoms with Gasteiger partial charge in [-0.1, -0.05) is 107 Å². The molecular formula is C33H56. The number of fused-ring (bicyclic) bond motifs is 2. The number of hydrogen-bond donors (Lipinski definition) is 0. The van der Waals surface area contributed by atoms with Gasteiger partial charge in [0.05, 0.1) is 0 Å². The average molecular weight is 453 g/mol. The first kappa shape index (κ1) is 25.6. The molecule has 188 valence electrons. The minimum Gasteiger partial charge on any atom is -0.0882 e. The molecule has 0 heteroatoms. The van der Waals surface area contributed by atoms with Crippen molar-refractivity contribution in [3.05, 3.63) is 23.3 Å². The molecule has 4 unspecified atom stereocenters. The normalized spacial score (nSPS) is 34.4. The van der Waals surface area contributed by atoms with Gasteiger partial charge in [-0.2, -0.15) is 0 Å². The highest BCUT2D eigenvalue weighted by molar-refractivity contribution is 5.18. The van der Waals surface area contributed by atoms with Gasteiger partial charge in [-0.3, -0.25) is 0 Å². The fraction of sp³-hybridized carbons (Fsp3) is 0.879. The summed E-state index contributed by atoms with van der Waals surface area (Å²) in [4.78, 5) is 0. The molecular weight excluding hydrogens is 396 g/mol. The van der Waals surface area contributed by atoms with Gasteiger partial charge in [0.1, 0.15) is 0 Å². The second-order valence-electron chi connectivity index (χ2n) is 12.5. The first-order valence-electron chi connectivity index (χ1n) is 15.7. The van der Waals surface area contributed by atoms with Crippen molar-refractivity contribution in [2.45, 2.75) is 161 Å². The Kier molecular flexibility index (Phi) is 11.5. The van der Waals surface area contributed by atoms with E-state index >= 15 is 0 Å². The molecule has 0 aromatic heterocycles. The Labute approximate surface area is 207 Å². The zero-order chi connectivity index (χ0) is 22.6. The Balaban J connectivity index is 0.000000118. The van der Waals surface area contributed by atoms with Crippen LogP contribution in [0.2, 0.25) is 0 Å². The van der Waals surface area contributed by atoms with Crippen LogP contribution in [-0.2, 0) is 0 Å². The van der Waals surface area contributed by atoms with E-state index in [9.17, 15) is 0 Å². The molecule has 0 N–H and O–H groups in total. The Morgan fingerprint density at radius 2 is 0.636 bits per heavy atom. The van der Waals surface area contributed by atoms with Crippen LogP contribution in [0.1, 0.15) is 161 Å². The molecule has 6 aliphatic carbocycles. The van der Waals surface area contributed by atoms with Crippen LogP contribution in [0.3, 0.4) is 0 Å². The molecule has 0 heterocycles. The molecule has 6 aliphatic rings. The van der Waals surface area contributed by atoms with Crippen molar-refractivity contribution in [1.82, 2.24) is 0 Å². The van der Waals surface area contributed by atoms with E-state index in [4.69, 9.17) is 0 Å². The van der Waals surface area contributed by atoms with Gasteiger partial charge in [0.2, 0.25) is 0 Å². The van der Waals surface area contributed by atoms with E-state index < -0.39 is 0 Å². The summed E-state index contributed by atoms with van der Waals surface area (Å²) in [6.07, 6.45) is 42.1. The second-order valence-corrected chi connectivity index (χ2v) is 12.5. The molecule has 0 spiro atoms. The molecule has 0 saturated heterocycles. The van der Waals surface area contributed by atoms with Gasteiger partial charge in [-0.25, -0.2) is 0 Å². The third-order valence-electron chi connectivity index (χ3n) is 10.2. The highest BCUT2D eigenvalue weighted by Crippen LogP contribution is 2.39. The van der Waals surface area contributed by atoms with E-state index in [0.29, 0.717) is 0 Å². The van der Waals surface area contributed by atoms with Gasteiger partial charge in [0, 0.05) is 0 Å². The molecule has 0 nitrogen and oxygen atoms in total. The summed E-state index contributed by atoms with van der Waals surface area (Å²) in [5.74, 6) is 4.41. The van der Waals surface area contributed by atoms with Crippen molar-refractivity contribution < 1.29 is 0 Å². The van der Waals surface area contributed by atoms with Crippen LogP contribution >= 0.6 is 0 Å². The molecule has 0 radical (unpaired) electrons. The molecule has 3 saturated carbocycles. The predicted octanol–water partition coefficient (Wildman–Crippen LogP) is 11.1. The van der Waals surface area contributed by atoms with Crippen LogP contribution in [0, 0.1) is 23.7 Å². The van der Waals surface area contributed by atoms with E-state index in [2.05, 4.69) is 12.2 Å². The molecule has 4 atom stereocenters. The van der Waals surface area contributed by atoms with Crippen molar-refractivity contribution >= 4 is 0 Å². The fourth-order valence-electron chi connectivity index (χ4n) is 8.15. The molecule has 33 heavy (non-hydrogen) atoms. The fourth-order valence-corrected chi connectivity index (χ4v) is 8.15. The SMILES string of the molecule is C1=CCC2CCCCCC2C1.C1CCC2=C(CC1)CCCC2.C1CCC2CCCCC2CC1. The van der Waals surface area contributed by atoms with Crippen LogP contribution in [0.4, 0.5) is 0 Å². The predicted molar refractivity (Wildman–Crippen MR) is 146 cm³/mol. The quantitative estimate of drug-likeness (QED) is 0.320. The average Bonchev–Trinajstić information content (AvgIpc) is 3.36. The lowest BCUT2D eigenvalue weighted by atomic mass is 9.77. The van der Waals surface area contributed by atoms with E-state index in [1.807, 2.05) is 11.1 Å². The van der Waals surface area contributed by atoms with Crippen molar-refractivity contribution in [2.24, 2.45) is 23.7 Å². The van der Waals surface area contributed by atoms with Crippen LogP contribution < -0.4 is 0 Å². The van der Waals surface area contributed by atoms with Gasteiger partial charge in [0.25, 0.3) is 0 Å². The number of allylic oxidation sites excluding steroid dienone is 4. The lowest BCUT2D eigenvalue weighted by Crippen LogP contribution is -2.17. The molecule has 3 fully saturated rings. The van der Waals surface area contributed by atoms with Crippen LogP contribution in [0.25, 0.3) is 0 Å². The van der Waals surface area contributed by atoms with Gasteiger partial charge in [-0.15, -0.1) is 0 Å². The van der Waals surface area contributed by atoms with Crippen molar-refractivity contribution in [1.29, 1.82) is 0 Å². The molecule has 0 bridgehead atoms. The highest BCUT2D eigenvalue weighted by atomic mass is 14.3. The Morgan fingerprint density at radius 1 is 0.333 bits per heavy atom. The maximum Gasteiger partial charge on any atom is -0.0318 e. The molecule has 6 rings (SSSR count). The topological polar surface area (TPSA) is 0 Å². The van der Waals surface area contributed by atoms with Crippen LogP contribution in [0.5, 0.6) is 0 Å². The number of hydrogen-bond acceptors (Lipinski definition) is 0. The monoisotopic (exact) mass is 452 g/mol. The number of rotatable bonds is 0. The van der Waals surface area contributed by atoms with Crippen molar-refractivity contribution in [2.75, 3.05) is 0 Å². The Morgan fingerprint density at radius 3 is 1.06 bits per heavy atom. The van der Waals surface area contributed by atoms with Crippen LogP contribution in [0.15, 0.2) is 23.3 Å². The lowest BCUT2D eigenvalue weighted by molar-refractivity contribution is 0.224. The third kappa shape index (κ3) is 8.58. The summed E-state index contributed by atoms with van der Waals surface area (Å²) in [7, 11) is 0. The minimum absolute atomic E-state index is 1.06. The maximum atomic E-state index is 2.40. The van der Waals surface area contributed by atoms with Gasteiger partial charge >= 0.3 is 0 Å².